The Hall–Kier alpha value is -1.40. The van der Waals surface area contributed by atoms with Crippen LogP contribution in [0.25, 0.3) is 0 Å². The first-order valence-electron chi connectivity index (χ1n) is 5.65. The molecule has 1 heterocycles. The summed E-state index contributed by atoms with van der Waals surface area (Å²) in [4.78, 5) is 11.2. The van der Waals surface area contributed by atoms with Crippen molar-refractivity contribution in [3.05, 3.63) is 29.8 Å². The highest BCUT2D eigenvalue weighted by atomic mass is 32.2. The van der Waals surface area contributed by atoms with Crippen LogP contribution in [0.2, 0.25) is 0 Å². The van der Waals surface area contributed by atoms with Gasteiger partial charge in [0, 0.05) is 12.0 Å². The number of fused-ring (bicyclic) bond motifs is 1. The summed E-state index contributed by atoms with van der Waals surface area (Å²) in [6.45, 7) is 0.131. The van der Waals surface area contributed by atoms with Gasteiger partial charge in [-0.3, -0.25) is 4.79 Å². The molecule has 0 fully saturated rings. The molecule has 0 spiro atoms. The van der Waals surface area contributed by atoms with Crippen molar-refractivity contribution < 1.29 is 18.3 Å². The predicted octanol–water partition coefficient (Wildman–Crippen LogP) is 0.535. The number of nitrogens with two attached hydrogens (primary N) is 1. The van der Waals surface area contributed by atoms with E-state index >= 15 is 0 Å². The first kappa shape index (κ1) is 13.0. The van der Waals surface area contributed by atoms with Crippen molar-refractivity contribution in [1.29, 1.82) is 0 Å². The summed E-state index contributed by atoms with van der Waals surface area (Å²) >= 11 is 0. The molecule has 0 amide bonds. The zero-order valence-corrected chi connectivity index (χ0v) is 10.6. The number of carbonyl (C=O) groups is 1. The van der Waals surface area contributed by atoms with Gasteiger partial charge in [0.05, 0.1) is 17.1 Å². The topological polar surface area (TPSA) is 97.5 Å². The molecule has 18 heavy (non-hydrogen) atoms. The van der Waals surface area contributed by atoms with Crippen LogP contribution in [-0.2, 0) is 20.0 Å². The average Bonchev–Trinajstić information content (AvgIpc) is 2.33. The summed E-state index contributed by atoms with van der Waals surface area (Å²) in [7, 11) is -3.31. The Bertz CT molecular complexity index is 581. The third kappa shape index (κ3) is 2.02. The summed E-state index contributed by atoms with van der Waals surface area (Å²) in [5.41, 5.74) is 5.50. The fourth-order valence-corrected chi connectivity index (χ4v) is 4.29. The molecule has 1 atom stereocenters. The Kier molecular flexibility index (Phi) is 3.16. The number of hydrogen-bond donors (Lipinski definition) is 2. The van der Waals surface area contributed by atoms with Crippen LogP contribution in [0.3, 0.4) is 0 Å². The quantitative estimate of drug-likeness (QED) is 0.834. The van der Waals surface area contributed by atoms with E-state index < -0.39 is 21.2 Å². The number of sulfone groups is 1. The molecule has 0 bridgehead atoms. The number of carboxylic acid groups (broad SMARTS) is 1. The maximum Gasteiger partial charge on any atom is 0.304 e. The van der Waals surface area contributed by atoms with Gasteiger partial charge in [0.15, 0.2) is 9.84 Å². The van der Waals surface area contributed by atoms with Gasteiger partial charge in [-0.25, -0.2) is 8.42 Å². The second kappa shape index (κ2) is 4.37. The minimum absolute atomic E-state index is 0.0471. The maximum atomic E-state index is 12.0. The molecule has 1 aliphatic rings. The number of benzene rings is 1. The average molecular weight is 269 g/mol. The van der Waals surface area contributed by atoms with Crippen molar-refractivity contribution in [2.24, 2.45) is 5.73 Å². The Labute approximate surface area is 106 Å². The summed E-state index contributed by atoms with van der Waals surface area (Å²) in [6, 6.07) is 6.55. The molecule has 1 aliphatic heterocycles. The van der Waals surface area contributed by atoms with Crippen LogP contribution < -0.4 is 5.73 Å². The normalized spacial score (nSPS) is 25.4. The van der Waals surface area contributed by atoms with E-state index in [0.29, 0.717) is 5.56 Å². The Morgan fingerprint density at radius 1 is 1.39 bits per heavy atom. The number of carboxylic acids is 1. The van der Waals surface area contributed by atoms with Crippen molar-refractivity contribution in [1.82, 2.24) is 0 Å². The van der Waals surface area contributed by atoms with Gasteiger partial charge in [-0.15, -0.1) is 0 Å². The van der Waals surface area contributed by atoms with Gasteiger partial charge in [0.25, 0.3) is 0 Å². The van der Waals surface area contributed by atoms with Crippen LogP contribution in [0.15, 0.2) is 29.2 Å². The van der Waals surface area contributed by atoms with E-state index in [1.807, 2.05) is 0 Å². The van der Waals surface area contributed by atoms with Gasteiger partial charge in [0.2, 0.25) is 0 Å². The lowest BCUT2D eigenvalue weighted by Gasteiger charge is -2.36. The monoisotopic (exact) mass is 269 g/mol. The second-order valence-corrected chi connectivity index (χ2v) is 6.70. The molecule has 98 valence electrons. The Morgan fingerprint density at radius 2 is 2.06 bits per heavy atom. The number of aliphatic carboxylic acids is 1. The van der Waals surface area contributed by atoms with Crippen molar-refractivity contribution >= 4 is 15.8 Å². The molecule has 3 N–H and O–H groups in total. The lowest BCUT2D eigenvalue weighted by atomic mass is 9.75. The molecule has 0 aromatic heterocycles. The van der Waals surface area contributed by atoms with E-state index in [2.05, 4.69) is 0 Å². The number of rotatable bonds is 3. The molecule has 6 heteroatoms. The van der Waals surface area contributed by atoms with E-state index in [-0.39, 0.29) is 30.0 Å². The first-order valence-corrected chi connectivity index (χ1v) is 7.31. The molecule has 0 aliphatic carbocycles. The molecule has 1 unspecified atom stereocenters. The van der Waals surface area contributed by atoms with Crippen molar-refractivity contribution in [2.75, 3.05) is 12.3 Å². The van der Waals surface area contributed by atoms with Crippen LogP contribution in [0.4, 0.5) is 0 Å². The van der Waals surface area contributed by atoms with Gasteiger partial charge in [-0.05, 0) is 18.1 Å². The Morgan fingerprint density at radius 3 is 2.67 bits per heavy atom. The van der Waals surface area contributed by atoms with Gasteiger partial charge in [0.1, 0.15) is 0 Å². The summed E-state index contributed by atoms with van der Waals surface area (Å²) in [5, 5.41) is 9.01. The molecular weight excluding hydrogens is 254 g/mol. The van der Waals surface area contributed by atoms with Crippen LogP contribution in [0.5, 0.6) is 0 Å². The molecule has 0 saturated heterocycles. The van der Waals surface area contributed by atoms with Gasteiger partial charge < -0.3 is 10.8 Å². The standard InChI is InChI=1S/C12H15NO4S/c13-8-12(7-11(14)15)5-6-18(16,17)10-4-2-1-3-9(10)12/h1-4H,5-8,13H2,(H,14,15). The predicted molar refractivity (Wildman–Crippen MR) is 66.1 cm³/mol. The molecule has 5 nitrogen and oxygen atoms in total. The lowest BCUT2D eigenvalue weighted by Crippen LogP contribution is -2.43. The van der Waals surface area contributed by atoms with E-state index in [4.69, 9.17) is 10.8 Å². The third-order valence-electron chi connectivity index (χ3n) is 3.52. The van der Waals surface area contributed by atoms with Gasteiger partial charge in [-0.2, -0.15) is 0 Å². The van der Waals surface area contributed by atoms with E-state index in [1.54, 1.807) is 18.2 Å². The zero-order valence-electron chi connectivity index (χ0n) is 9.80. The van der Waals surface area contributed by atoms with Crippen LogP contribution in [-0.4, -0.2) is 31.8 Å². The zero-order chi connectivity index (χ0) is 13.4. The van der Waals surface area contributed by atoms with Crippen LogP contribution in [0, 0.1) is 0 Å². The maximum absolute atomic E-state index is 12.0. The van der Waals surface area contributed by atoms with Crippen molar-refractivity contribution in [2.45, 2.75) is 23.2 Å². The molecule has 0 radical (unpaired) electrons. The largest absolute Gasteiger partial charge is 0.481 e. The fraction of sp³-hybridized carbons (Fsp3) is 0.417. The van der Waals surface area contributed by atoms with Crippen LogP contribution in [0.1, 0.15) is 18.4 Å². The van der Waals surface area contributed by atoms with Crippen molar-refractivity contribution in [3.8, 4) is 0 Å². The Balaban J connectivity index is 2.63. The summed E-state index contributed by atoms with van der Waals surface area (Å²) < 4.78 is 23.9. The smallest absolute Gasteiger partial charge is 0.304 e. The highest BCUT2D eigenvalue weighted by Gasteiger charge is 2.42. The second-order valence-electron chi connectivity index (χ2n) is 4.62. The minimum Gasteiger partial charge on any atom is -0.481 e. The molecular formula is C12H15NO4S. The molecule has 2 rings (SSSR count). The molecule has 0 saturated carbocycles. The van der Waals surface area contributed by atoms with E-state index in [9.17, 15) is 13.2 Å². The first-order chi connectivity index (χ1) is 8.41. The SMILES string of the molecule is NCC1(CC(=O)O)CCS(=O)(=O)c2ccccc21. The van der Waals surface area contributed by atoms with E-state index in [0.717, 1.165) is 0 Å². The summed E-state index contributed by atoms with van der Waals surface area (Å²) in [6.07, 6.45) is 0.116. The summed E-state index contributed by atoms with van der Waals surface area (Å²) in [5.74, 6) is -1.01. The number of hydrogen-bond acceptors (Lipinski definition) is 4. The highest BCUT2D eigenvalue weighted by molar-refractivity contribution is 7.91. The van der Waals surface area contributed by atoms with Gasteiger partial charge in [-0.1, -0.05) is 18.2 Å². The van der Waals surface area contributed by atoms with Crippen molar-refractivity contribution in [3.63, 3.8) is 0 Å². The molecule has 1 aromatic carbocycles. The minimum atomic E-state index is -3.31. The molecule has 1 aromatic rings. The highest BCUT2D eigenvalue weighted by Crippen LogP contribution is 2.40. The third-order valence-corrected chi connectivity index (χ3v) is 5.29. The van der Waals surface area contributed by atoms with Gasteiger partial charge >= 0.3 is 5.97 Å². The van der Waals surface area contributed by atoms with E-state index in [1.165, 1.54) is 6.07 Å². The fourth-order valence-electron chi connectivity index (χ4n) is 2.51. The van der Waals surface area contributed by atoms with Crippen LogP contribution >= 0.6 is 0 Å². The lowest BCUT2D eigenvalue weighted by molar-refractivity contribution is -0.138.